The van der Waals surface area contributed by atoms with E-state index in [1.807, 2.05) is 19.2 Å². The first-order valence-corrected chi connectivity index (χ1v) is 9.02. The van der Waals surface area contributed by atoms with Crippen LogP contribution in [0, 0.1) is 0 Å². The van der Waals surface area contributed by atoms with Gasteiger partial charge in [-0.25, -0.2) is 8.42 Å². The van der Waals surface area contributed by atoms with Crippen LogP contribution in [0.5, 0.6) is 0 Å². The van der Waals surface area contributed by atoms with Crippen LogP contribution >= 0.6 is 0 Å². The van der Waals surface area contributed by atoms with E-state index in [9.17, 15) is 8.42 Å². The molecule has 0 spiro atoms. The minimum atomic E-state index is -3.11. The molecule has 1 fully saturated rings. The SMILES string of the molecule is CNC1CCCN(C(C)c2ccc(S(C)(=O)=O)cc2)C1. The van der Waals surface area contributed by atoms with Crippen molar-refractivity contribution < 1.29 is 8.42 Å². The lowest BCUT2D eigenvalue weighted by atomic mass is 10.0. The molecule has 0 aliphatic carbocycles. The fraction of sp³-hybridized carbons (Fsp3) is 0.600. The predicted octanol–water partition coefficient (Wildman–Crippen LogP) is 1.83. The average molecular weight is 296 g/mol. The van der Waals surface area contributed by atoms with Gasteiger partial charge in [0.1, 0.15) is 0 Å². The van der Waals surface area contributed by atoms with Gasteiger partial charge in [0.15, 0.2) is 9.84 Å². The Morgan fingerprint density at radius 3 is 2.50 bits per heavy atom. The van der Waals surface area contributed by atoms with Gasteiger partial charge in [0, 0.05) is 24.9 Å². The van der Waals surface area contributed by atoms with E-state index in [4.69, 9.17) is 0 Å². The van der Waals surface area contributed by atoms with Crippen LogP contribution in [-0.2, 0) is 9.84 Å². The summed E-state index contributed by atoms with van der Waals surface area (Å²) in [5, 5.41) is 3.35. The first-order chi connectivity index (χ1) is 9.41. The number of nitrogens with one attached hydrogen (secondary N) is 1. The minimum Gasteiger partial charge on any atom is -0.316 e. The van der Waals surface area contributed by atoms with Gasteiger partial charge in [0.25, 0.3) is 0 Å². The first kappa shape index (κ1) is 15.5. The molecule has 4 nitrogen and oxygen atoms in total. The summed E-state index contributed by atoms with van der Waals surface area (Å²) in [7, 11) is -1.09. The molecule has 5 heteroatoms. The molecule has 1 saturated heterocycles. The first-order valence-electron chi connectivity index (χ1n) is 7.13. The largest absolute Gasteiger partial charge is 0.316 e. The van der Waals surface area contributed by atoms with Gasteiger partial charge in [-0.05, 0) is 51.1 Å². The zero-order valence-corrected chi connectivity index (χ0v) is 13.3. The summed E-state index contributed by atoms with van der Waals surface area (Å²) < 4.78 is 23.0. The van der Waals surface area contributed by atoms with Gasteiger partial charge in [-0.3, -0.25) is 4.90 Å². The molecule has 1 N–H and O–H groups in total. The van der Waals surface area contributed by atoms with Crippen molar-refractivity contribution in [2.45, 2.75) is 36.7 Å². The van der Waals surface area contributed by atoms with Crippen molar-refractivity contribution in [2.75, 3.05) is 26.4 Å². The molecule has 1 aromatic rings. The molecule has 1 aromatic carbocycles. The number of rotatable bonds is 4. The van der Waals surface area contributed by atoms with Crippen molar-refractivity contribution in [1.82, 2.24) is 10.2 Å². The number of hydrogen-bond donors (Lipinski definition) is 1. The van der Waals surface area contributed by atoms with Crippen molar-refractivity contribution in [2.24, 2.45) is 0 Å². The molecule has 2 unspecified atom stereocenters. The quantitative estimate of drug-likeness (QED) is 0.921. The molecule has 0 amide bonds. The van der Waals surface area contributed by atoms with Crippen molar-refractivity contribution in [1.29, 1.82) is 0 Å². The molecule has 1 aliphatic heterocycles. The predicted molar refractivity (Wildman–Crippen MR) is 81.6 cm³/mol. The van der Waals surface area contributed by atoms with E-state index in [2.05, 4.69) is 17.1 Å². The summed E-state index contributed by atoms with van der Waals surface area (Å²) in [6.45, 7) is 4.34. The van der Waals surface area contributed by atoms with Gasteiger partial charge < -0.3 is 5.32 Å². The zero-order chi connectivity index (χ0) is 14.8. The number of piperidine rings is 1. The highest BCUT2D eigenvalue weighted by Gasteiger charge is 2.23. The minimum absolute atomic E-state index is 0.319. The Hall–Kier alpha value is -0.910. The second kappa shape index (κ2) is 6.24. The second-order valence-corrected chi connectivity index (χ2v) is 7.66. The Morgan fingerprint density at radius 2 is 1.95 bits per heavy atom. The van der Waals surface area contributed by atoms with Gasteiger partial charge >= 0.3 is 0 Å². The summed E-state index contributed by atoms with van der Waals surface area (Å²) in [4.78, 5) is 2.85. The number of likely N-dealkylation sites (N-methyl/N-ethyl adjacent to an activating group) is 1. The lowest BCUT2D eigenvalue weighted by Gasteiger charge is -2.37. The maximum absolute atomic E-state index is 11.5. The summed E-state index contributed by atoms with van der Waals surface area (Å²) in [6.07, 6.45) is 3.68. The van der Waals surface area contributed by atoms with E-state index in [1.165, 1.54) is 24.7 Å². The fourth-order valence-electron chi connectivity index (χ4n) is 2.80. The Labute approximate surface area is 122 Å². The Balaban J connectivity index is 2.11. The van der Waals surface area contributed by atoms with Crippen LogP contribution in [0.3, 0.4) is 0 Å². The molecule has 0 saturated carbocycles. The highest BCUT2D eigenvalue weighted by Crippen LogP contribution is 2.25. The summed E-state index contributed by atoms with van der Waals surface area (Å²) in [6, 6.07) is 8.16. The lowest BCUT2D eigenvalue weighted by Crippen LogP contribution is -2.45. The van der Waals surface area contributed by atoms with Crippen LogP contribution in [0.25, 0.3) is 0 Å². The monoisotopic (exact) mass is 296 g/mol. The third-order valence-corrected chi connectivity index (χ3v) is 5.33. The Morgan fingerprint density at radius 1 is 1.30 bits per heavy atom. The van der Waals surface area contributed by atoms with Gasteiger partial charge in [-0.1, -0.05) is 12.1 Å². The molecular formula is C15H24N2O2S. The molecule has 0 aromatic heterocycles. The van der Waals surface area contributed by atoms with Crippen LogP contribution in [0.15, 0.2) is 29.2 Å². The zero-order valence-electron chi connectivity index (χ0n) is 12.5. The molecule has 20 heavy (non-hydrogen) atoms. The van der Waals surface area contributed by atoms with Crippen LogP contribution in [0.2, 0.25) is 0 Å². The van der Waals surface area contributed by atoms with Crippen molar-refractivity contribution in [3.8, 4) is 0 Å². The average Bonchev–Trinajstić information content (AvgIpc) is 2.46. The number of likely N-dealkylation sites (tertiary alicyclic amines) is 1. The van der Waals surface area contributed by atoms with Crippen molar-refractivity contribution >= 4 is 9.84 Å². The van der Waals surface area contributed by atoms with Crippen LogP contribution in [0.4, 0.5) is 0 Å². The number of sulfone groups is 1. The van der Waals surface area contributed by atoms with Gasteiger partial charge in [0.05, 0.1) is 4.90 Å². The third-order valence-electron chi connectivity index (χ3n) is 4.20. The highest BCUT2D eigenvalue weighted by molar-refractivity contribution is 7.90. The smallest absolute Gasteiger partial charge is 0.175 e. The molecule has 0 radical (unpaired) electrons. The normalized spacial score (nSPS) is 22.6. The maximum Gasteiger partial charge on any atom is 0.175 e. The molecule has 2 atom stereocenters. The third kappa shape index (κ3) is 3.59. The van der Waals surface area contributed by atoms with Crippen molar-refractivity contribution in [3.05, 3.63) is 29.8 Å². The van der Waals surface area contributed by atoms with Crippen LogP contribution < -0.4 is 5.32 Å². The molecule has 0 bridgehead atoms. The Kier molecular flexibility index (Phi) is 4.83. The highest BCUT2D eigenvalue weighted by atomic mass is 32.2. The van der Waals surface area contributed by atoms with E-state index in [0.717, 1.165) is 13.1 Å². The standard InChI is InChI=1S/C15H24N2O2S/c1-12(17-10-4-5-14(11-17)16-2)13-6-8-15(9-7-13)20(3,18)19/h6-9,12,14,16H,4-5,10-11H2,1-3H3. The number of benzene rings is 1. The molecule has 1 heterocycles. The van der Waals surface area contributed by atoms with E-state index in [-0.39, 0.29) is 0 Å². The fourth-order valence-corrected chi connectivity index (χ4v) is 3.43. The van der Waals surface area contributed by atoms with Crippen molar-refractivity contribution in [3.63, 3.8) is 0 Å². The molecular weight excluding hydrogens is 272 g/mol. The van der Waals surface area contributed by atoms with E-state index < -0.39 is 9.84 Å². The molecule has 1 aliphatic rings. The topological polar surface area (TPSA) is 49.4 Å². The van der Waals surface area contributed by atoms with E-state index >= 15 is 0 Å². The van der Waals surface area contributed by atoms with Crippen LogP contribution in [-0.4, -0.2) is 45.8 Å². The summed E-state index contributed by atoms with van der Waals surface area (Å²) in [5.74, 6) is 0. The molecule has 2 rings (SSSR count). The summed E-state index contributed by atoms with van der Waals surface area (Å²) in [5.41, 5.74) is 1.18. The number of nitrogens with zero attached hydrogens (tertiary/aromatic N) is 1. The number of hydrogen-bond acceptors (Lipinski definition) is 4. The summed E-state index contributed by atoms with van der Waals surface area (Å²) >= 11 is 0. The second-order valence-electron chi connectivity index (χ2n) is 5.64. The Bertz CT molecular complexity index is 539. The maximum atomic E-state index is 11.5. The van der Waals surface area contributed by atoms with Crippen LogP contribution in [0.1, 0.15) is 31.4 Å². The van der Waals surface area contributed by atoms with Gasteiger partial charge in [0.2, 0.25) is 0 Å². The van der Waals surface area contributed by atoms with Gasteiger partial charge in [-0.2, -0.15) is 0 Å². The van der Waals surface area contributed by atoms with E-state index in [0.29, 0.717) is 17.0 Å². The molecule has 112 valence electrons. The van der Waals surface area contributed by atoms with Gasteiger partial charge in [-0.15, -0.1) is 0 Å². The van der Waals surface area contributed by atoms with E-state index in [1.54, 1.807) is 12.1 Å². The lowest BCUT2D eigenvalue weighted by molar-refractivity contribution is 0.149.